The molecule has 1 saturated heterocycles. The molecule has 5 nitrogen and oxygen atoms in total. The summed E-state index contributed by atoms with van der Waals surface area (Å²) in [5.41, 5.74) is 1.11. The van der Waals surface area contributed by atoms with E-state index in [0.717, 1.165) is 17.9 Å². The van der Waals surface area contributed by atoms with Gasteiger partial charge in [-0.25, -0.2) is 4.79 Å². The van der Waals surface area contributed by atoms with Gasteiger partial charge in [0.25, 0.3) is 0 Å². The van der Waals surface area contributed by atoms with Crippen LogP contribution in [0, 0.1) is 0 Å². The van der Waals surface area contributed by atoms with Crippen LogP contribution in [0.4, 0.5) is 4.79 Å². The number of likely N-dealkylation sites (N-methyl/N-ethyl adjacent to an activating group) is 1. The minimum absolute atomic E-state index is 0.0887. The van der Waals surface area contributed by atoms with Crippen LogP contribution in [-0.2, 0) is 4.74 Å². The molecule has 1 aliphatic rings. The number of methoxy groups -OCH3 is 1. The number of nitrogens with zero attached hydrogens (tertiary/aromatic N) is 1. The van der Waals surface area contributed by atoms with E-state index in [1.165, 1.54) is 0 Å². The van der Waals surface area contributed by atoms with Crippen LogP contribution in [0.2, 0.25) is 0 Å². The van der Waals surface area contributed by atoms with E-state index in [2.05, 4.69) is 12.2 Å². The van der Waals surface area contributed by atoms with Gasteiger partial charge in [-0.3, -0.25) is 0 Å². The minimum Gasteiger partial charge on any atom is -0.497 e. The Morgan fingerprint density at radius 3 is 3.00 bits per heavy atom. The number of amides is 1. The molecule has 1 aliphatic heterocycles. The van der Waals surface area contributed by atoms with Crippen molar-refractivity contribution in [1.29, 1.82) is 0 Å². The second-order valence-electron chi connectivity index (χ2n) is 4.45. The number of hydrogen-bond acceptors (Lipinski definition) is 4. The summed E-state index contributed by atoms with van der Waals surface area (Å²) in [6.45, 7) is 4.64. The topological polar surface area (TPSA) is 50.8 Å². The van der Waals surface area contributed by atoms with Crippen molar-refractivity contribution in [3.63, 3.8) is 0 Å². The van der Waals surface area contributed by atoms with Gasteiger partial charge in [0.1, 0.15) is 12.4 Å². The van der Waals surface area contributed by atoms with Gasteiger partial charge >= 0.3 is 6.09 Å². The quantitative estimate of drug-likeness (QED) is 0.851. The molecule has 0 aromatic heterocycles. The average Bonchev–Trinajstić information content (AvgIpc) is 2.84. The molecular weight excluding hydrogens is 244 g/mol. The second-order valence-corrected chi connectivity index (χ2v) is 4.45. The predicted octanol–water partition coefficient (Wildman–Crippen LogP) is 1.80. The summed E-state index contributed by atoms with van der Waals surface area (Å²) >= 11 is 0. The van der Waals surface area contributed by atoms with Crippen LogP contribution >= 0.6 is 0 Å². The van der Waals surface area contributed by atoms with Gasteiger partial charge in [0.15, 0.2) is 0 Å². The molecule has 0 saturated carbocycles. The molecule has 1 amide bonds. The van der Waals surface area contributed by atoms with Crippen molar-refractivity contribution < 1.29 is 14.3 Å². The van der Waals surface area contributed by atoms with Crippen LogP contribution in [0.25, 0.3) is 0 Å². The fourth-order valence-corrected chi connectivity index (χ4v) is 2.20. The highest BCUT2D eigenvalue weighted by molar-refractivity contribution is 5.69. The van der Waals surface area contributed by atoms with Crippen LogP contribution in [0.1, 0.15) is 18.5 Å². The SMILES string of the molecule is CCNC(CN1CCOC1=O)c1cccc(OC)c1. The highest BCUT2D eigenvalue weighted by Gasteiger charge is 2.25. The summed E-state index contributed by atoms with van der Waals surface area (Å²) in [5, 5.41) is 3.39. The third-order valence-corrected chi connectivity index (χ3v) is 3.19. The molecule has 1 heterocycles. The van der Waals surface area contributed by atoms with E-state index in [1.807, 2.05) is 24.3 Å². The molecule has 5 heteroatoms. The Kier molecular flexibility index (Phi) is 4.63. The van der Waals surface area contributed by atoms with Crippen LogP contribution in [0.5, 0.6) is 5.75 Å². The highest BCUT2D eigenvalue weighted by atomic mass is 16.6. The number of benzene rings is 1. The van der Waals surface area contributed by atoms with Gasteiger partial charge in [0.05, 0.1) is 19.7 Å². The first-order chi connectivity index (χ1) is 9.24. The number of rotatable bonds is 6. The van der Waals surface area contributed by atoms with Gasteiger partial charge in [-0.15, -0.1) is 0 Å². The molecule has 1 aromatic rings. The summed E-state index contributed by atoms with van der Waals surface area (Å²) in [6.07, 6.45) is -0.231. The van der Waals surface area contributed by atoms with Gasteiger partial charge in [0, 0.05) is 6.54 Å². The van der Waals surface area contributed by atoms with E-state index in [4.69, 9.17) is 9.47 Å². The molecule has 104 valence electrons. The third-order valence-electron chi connectivity index (χ3n) is 3.19. The van der Waals surface area contributed by atoms with Gasteiger partial charge < -0.3 is 19.7 Å². The number of ether oxygens (including phenoxy) is 2. The van der Waals surface area contributed by atoms with Gasteiger partial charge in [0.2, 0.25) is 0 Å². The number of cyclic esters (lactones) is 1. The molecule has 19 heavy (non-hydrogen) atoms. The van der Waals surface area contributed by atoms with Crippen LogP contribution in [-0.4, -0.2) is 44.3 Å². The molecule has 1 fully saturated rings. The van der Waals surface area contributed by atoms with Crippen molar-refractivity contribution in [3.05, 3.63) is 29.8 Å². The van der Waals surface area contributed by atoms with Crippen LogP contribution in [0.15, 0.2) is 24.3 Å². The van der Waals surface area contributed by atoms with Crippen LogP contribution in [0.3, 0.4) is 0 Å². The van der Waals surface area contributed by atoms with Crippen molar-refractivity contribution in [2.45, 2.75) is 13.0 Å². The maximum atomic E-state index is 11.5. The molecule has 1 aromatic carbocycles. The summed E-state index contributed by atoms with van der Waals surface area (Å²) in [4.78, 5) is 13.2. The van der Waals surface area contributed by atoms with E-state index < -0.39 is 0 Å². The fraction of sp³-hybridized carbons (Fsp3) is 0.500. The number of hydrogen-bond donors (Lipinski definition) is 1. The predicted molar refractivity (Wildman–Crippen MR) is 72.3 cm³/mol. The first kappa shape index (κ1) is 13.7. The van der Waals surface area contributed by atoms with Crippen molar-refractivity contribution in [3.8, 4) is 5.75 Å². The molecular formula is C14H20N2O3. The van der Waals surface area contributed by atoms with E-state index in [0.29, 0.717) is 19.7 Å². The van der Waals surface area contributed by atoms with Crippen molar-refractivity contribution in [2.24, 2.45) is 0 Å². The monoisotopic (exact) mass is 264 g/mol. The lowest BCUT2D eigenvalue weighted by atomic mass is 10.1. The van der Waals surface area contributed by atoms with Gasteiger partial charge in [-0.2, -0.15) is 0 Å². The Labute approximate surface area is 113 Å². The maximum Gasteiger partial charge on any atom is 0.410 e. The van der Waals surface area contributed by atoms with Gasteiger partial charge in [-0.1, -0.05) is 19.1 Å². The first-order valence-corrected chi connectivity index (χ1v) is 6.53. The van der Waals surface area contributed by atoms with Crippen molar-refractivity contribution in [2.75, 3.05) is 33.4 Å². The summed E-state index contributed by atoms with van der Waals surface area (Å²) in [5.74, 6) is 0.824. The smallest absolute Gasteiger partial charge is 0.410 e. The molecule has 1 unspecified atom stereocenters. The second kappa shape index (κ2) is 6.43. The number of nitrogens with one attached hydrogen (secondary N) is 1. The third kappa shape index (κ3) is 3.38. The summed E-state index contributed by atoms with van der Waals surface area (Å²) in [7, 11) is 1.65. The van der Waals surface area contributed by atoms with Crippen molar-refractivity contribution in [1.82, 2.24) is 10.2 Å². The zero-order chi connectivity index (χ0) is 13.7. The fourth-order valence-electron chi connectivity index (χ4n) is 2.20. The lowest BCUT2D eigenvalue weighted by molar-refractivity contribution is 0.156. The molecule has 1 atom stereocenters. The Bertz CT molecular complexity index is 436. The zero-order valence-corrected chi connectivity index (χ0v) is 11.4. The van der Waals surface area contributed by atoms with E-state index in [-0.39, 0.29) is 12.1 Å². The lowest BCUT2D eigenvalue weighted by Gasteiger charge is -2.23. The summed E-state index contributed by atoms with van der Waals surface area (Å²) in [6, 6.07) is 7.99. The van der Waals surface area contributed by atoms with Gasteiger partial charge in [-0.05, 0) is 24.2 Å². The van der Waals surface area contributed by atoms with Crippen molar-refractivity contribution >= 4 is 6.09 Å². The largest absolute Gasteiger partial charge is 0.497 e. The minimum atomic E-state index is -0.231. The number of carbonyl (C=O) groups is 1. The normalized spacial score (nSPS) is 16.3. The molecule has 0 radical (unpaired) electrons. The lowest BCUT2D eigenvalue weighted by Crippen LogP contribution is -2.35. The Morgan fingerprint density at radius 1 is 1.53 bits per heavy atom. The molecule has 2 rings (SSSR count). The maximum absolute atomic E-state index is 11.5. The summed E-state index contributed by atoms with van der Waals surface area (Å²) < 4.78 is 10.2. The Balaban J connectivity index is 2.11. The van der Waals surface area contributed by atoms with E-state index in [1.54, 1.807) is 12.0 Å². The van der Waals surface area contributed by atoms with E-state index >= 15 is 0 Å². The Hall–Kier alpha value is -1.75. The Morgan fingerprint density at radius 2 is 2.37 bits per heavy atom. The highest BCUT2D eigenvalue weighted by Crippen LogP contribution is 2.21. The molecule has 0 bridgehead atoms. The zero-order valence-electron chi connectivity index (χ0n) is 11.4. The van der Waals surface area contributed by atoms with E-state index in [9.17, 15) is 4.79 Å². The standard InChI is InChI=1S/C14H20N2O3/c1-3-15-13(10-16-7-8-19-14(16)17)11-5-4-6-12(9-11)18-2/h4-6,9,13,15H,3,7-8,10H2,1-2H3. The average molecular weight is 264 g/mol. The molecule has 0 aliphatic carbocycles. The number of carbonyl (C=O) groups excluding carboxylic acids is 1. The molecule has 0 spiro atoms. The first-order valence-electron chi connectivity index (χ1n) is 6.53. The molecule has 1 N–H and O–H groups in total. The van der Waals surface area contributed by atoms with Crippen LogP contribution < -0.4 is 10.1 Å².